The molecule has 2 aromatic rings. The Kier molecular flexibility index (Phi) is 4.63. The topological polar surface area (TPSA) is 57.2 Å². The Bertz CT molecular complexity index is 674. The predicted octanol–water partition coefficient (Wildman–Crippen LogP) is 2.64. The standard InChI is InChI=1S/C16H21ClN6/c1-11-8-12(2)15(13(17)9-11)20-16-19-14(10-18-21-16)23-6-4-22(3)5-7-23/h8-10H,4-7H2,1-3H3,(H,19,20,21). The monoisotopic (exact) mass is 332 g/mol. The molecule has 1 aliphatic rings. The zero-order valence-corrected chi connectivity index (χ0v) is 14.4. The highest BCUT2D eigenvalue weighted by molar-refractivity contribution is 6.33. The first-order chi connectivity index (χ1) is 11.0. The van der Waals surface area contributed by atoms with Crippen LogP contribution in [0.3, 0.4) is 0 Å². The summed E-state index contributed by atoms with van der Waals surface area (Å²) in [6.07, 6.45) is 1.71. The van der Waals surface area contributed by atoms with Gasteiger partial charge in [0, 0.05) is 26.2 Å². The summed E-state index contributed by atoms with van der Waals surface area (Å²) in [5, 5.41) is 12.0. The van der Waals surface area contributed by atoms with Crippen LogP contribution in [0.15, 0.2) is 18.3 Å². The highest BCUT2D eigenvalue weighted by atomic mass is 35.5. The summed E-state index contributed by atoms with van der Waals surface area (Å²) >= 11 is 6.33. The van der Waals surface area contributed by atoms with Crippen molar-refractivity contribution < 1.29 is 0 Å². The van der Waals surface area contributed by atoms with Crippen LogP contribution in [-0.2, 0) is 0 Å². The van der Waals surface area contributed by atoms with Crippen molar-refractivity contribution in [1.29, 1.82) is 0 Å². The van der Waals surface area contributed by atoms with Crippen molar-refractivity contribution in [2.45, 2.75) is 13.8 Å². The molecule has 1 fully saturated rings. The minimum Gasteiger partial charge on any atom is -0.353 e. The third-order valence-electron chi connectivity index (χ3n) is 4.04. The van der Waals surface area contributed by atoms with Crippen LogP contribution in [0.25, 0.3) is 0 Å². The first-order valence-electron chi connectivity index (χ1n) is 7.70. The van der Waals surface area contributed by atoms with E-state index in [1.165, 1.54) is 0 Å². The molecule has 0 atom stereocenters. The molecule has 0 amide bonds. The number of hydrogen-bond acceptors (Lipinski definition) is 6. The lowest BCUT2D eigenvalue weighted by atomic mass is 10.1. The number of nitrogens with one attached hydrogen (secondary N) is 1. The summed E-state index contributed by atoms with van der Waals surface area (Å²) in [5.74, 6) is 1.31. The number of anilines is 3. The van der Waals surface area contributed by atoms with Crippen LogP contribution in [0, 0.1) is 13.8 Å². The molecule has 122 valence electrons. The van der Waals surface area contributed by atoms with Gasteiger partial charge in [-0.2, -0.15) is 10.1 Å². The summed E-state index contributed by atoms with van der Waals surface area (Å²) in [5.41, 5.74) is 3.02. The molecule has 1 aliphatic heterocycles. The van der Waals surface area contributed by atoms with E-state index in [9.17, 15) is 0 Å². The SMILES string of the molecule is Cc1cc(C)c(Nc2nncc(N3CCN(C)CC3)n2)c(Cl)c1. The van der Waals surface area contributed by atoms with E-state index in [-0.39, 0.29) is 0 Å². The van der Waals surface area contributed by atoms with Gasteiger partial charge in [-0.1, -0.05) is 17.7 Å². The molecule has 0 saturated carbocycles. The van der Waals surface area contributed by atoms with Crippen molar-refractivity contribution in [1.82, 2.24) is 20.1 Å². The van der Waals surface area contributed by atoms with Crippen molar-refractivity contribution in [3.05, 3.63) is 34.5 Å². The Labute approximate surface area is 141 Å². The van der Waals surface area contributed by atoms with Gasteiger partial charge >= 0.3 is 0 Å². The molecule has 1 N–H and O–H groups in total. The molecule has 7 heteroatoms. The first kappa shape index (κ1) is 16.0. The molecule has 0 bridgehead atoms. The van der Waals surface area contributed by atoms with Crippen molar-refractivity contribution >= 4 is 29.1 Å². The van der Waals surface area contributed by atoms with Gasteiger partial charge in [-0.05, 0) is 38.1 Å². The average Bonchev–Trinajstić information content (AvgIpc) is 2.52. The quantitative estimate of drug-likeness (QED) is 0.932. The van der Waals surface area contributed by atoms with Gasteiger partial charge in [-0.15, -0.1) is 5.10 Å². The molecule has 0 spiro atoms. The Morgan fingerprint density at radius 1 is 1.13 bits per heavy atom. The third kappa shape index (κ3) is 3.71. The number of hydrogen-bond donors (Lipinski definition) is 1. The van der Waals surface area contributed by atoms with Crippen LogP contribution in [0.2, 0.25) is 5.02 Å². The minimum atomic E-state index is 0.468. The van der Waals surface area contributed by atoms with E-state index in [1.54, 1.807) is 6.20 Å². The summed E-state index contributed by atoms with van der Waals surface area (Å²) in [4.78, 5) is 9.12. The van der Waals surface area contributed by atoms with Crippen molar-refractivity contribution in [2.75, 3.05) is 43.4 Å². The summed E-state index contributed by atoms with van der Waals surface area (Å²) in [6, 6.07) is 4.00. The van der Waals surface area contributed by atoms with Crippen molar-refractivity contribution in [3.63, 3.8) is 0 Å². The molecule has 0 radical (unpaired) electrons. The van der Waals surface area contributed by atoms with Gasteiger partial charge in [0.05, 0.1) is 16.9 Å². The van der Waals surface area contributed by atoms with Crippen LogP contribution >= 0.6 is 11.6 Å². The van der Waals surface area contributed by atoms with E-state index >= 15 is 0 Å². The smallest absolute Gasteiger partial charge is 0.249 e. The van der Waals surface area contributed by atoms with Crippen LogP contribution in [0.5, 0.6) is 0 Å². The molecule has 1 aromatic carbocycles. The molecular weight excluding hydrogens is 312 g/mol. The number of aryl methyl sites for hydroxylation is 2. The van der Waals surface area contributed by atoms with E-state index in [0.717, 1.165) is 48.8 Å². The van der Waals surface area contributed by atoms with Crippen LogP contribution in [0.4, 0.5) is 17.5 Å². The van der Waals surface area contributed by atoms with E-state index in [0.29, 0.717) is 11.0 Å². The second-order valence-corrected chi connectivity index (χ2v) is 6.40. The first-order valence-corrected chi connectivity index (χ1v) is 8.08. The second kappa shape index (κ2) is 6.68. The Hall–Kier alpha value is -1.92. The van der Waals surface area contributed by atoms with Gasteiger partial charge in [0.1, 0.15) is 0 Å². The minimum absolute atomic E-state index is 0.468. The number of piperazine rings is 1. The lowest BCUT2D eigenvalue weighted by molar-refractivity contribution is 0.312. The molecule has 1 aromatic heterocycles. The van der Waals surface area contributed by atoms with Gasteiger partial charge in [-0.25, -0.2) is 0 Å². The summed E-state index contributed by atoms with van der Waals surface area (Å²) in [6.45, 7) is 7.97. The molecule has 23 heavy (non-hydrogen) atoms. The third-order valence-corrected chi connectivity index (χ3v) is 4.34. The number of rotatable bonds is 3. The largest absolute Gasteiger partial charge is 0.353 e. The van der Waals surface area contributed by atoms with Crippen molar-refractivity contribution in [2.24, 2.45) is 0 Å². The molecular formula is C16H21ClN6. The summed E-state index contributed by atoms with van der Waals surface area (Å²) < 4.78 is 0. The van der Waals surface area contributed by atoms with Gasteiger partial charge in [0.15, 0.2) is 5.82 Å². The number of aromatic nitrogens is 3. The fraction of sp³-hybridized carbons (Fsp3) is 0.438. The van der Waals surface area contributed by atoms with Gasteiger partial charge < -0.3 is 15.1 Å². The van der Waals surface area contributed by atoms with E-state index in [4.69, 9.17) is 11.6 Å². The zero-order chi connectivity index (χ0) is 16.4. The highest BCUT2D eigenvalue weighted by Gasteiger charge is 2.16. The van der Waals surface area contributed by atoms with Crippen LogP contribution < -0.4 is 10.2 Å². The molecule has 1 saturated heterocycles. The number of benzene rings is 1. The number of nitrogens with zero attached hydrogens (tertiary/aromatic N) is 5. The van der Waals surface area contributed by atoms with Gasteiger partial charge in [0.25, 0.3) is 0 Å². The lowest BCUT2D eigenvalue weighted by Crippen LogP contribution is -2.44. The average molecular weight is 333 g/mol. The molecule has 3 rings (SSSR count). The maximum atomic E-state index is 6.33. The number of halogens is 1. The zero-order valence-electron chi connectivity index (χ0n) is 13.7. The van der Waals surface area contributed by atoms with Crippen LogP contribution in [0.1, 0.15) is 11.1 Å². The normalized spacial score (nSPS) is 15.7. The number of likely N-dealkylation sites (N-methyl/N-ethyl adjacent to an activating group) is 1. The maximum absolute atomic E-state index is 6.33. The van der Waals surface area contributed by atoms with Gasteiger partial charge in [-0.3, -0.25) is 0 Å². The second-order valence-electron chi connectivity index (χ2n) is 5.99. The fourth-order valence-electron chi connectivity index (χ4n) is 2.72. The van der Waals surface area contributed by atoms with Crippen molar-refractivity contribution in [3.8, 4) is 0 Å². The fourth-order valence-corrected chi connectivity index (χ4v) is 3.09. The molecule has 0 aliphatic carbocycles. The highest BCUT2D eigenvalue weighted by Crippen LogP contribution is 2.29. The summed E-state index contributed by atoms with van der Waals surface area (Å²) in [7, 11) is 2.13. The Balaban J connectivity index is 1.81. The molecule has 2 heterocycles. The Morgan fingerprint density at radius 3 is 2.57 bits per heavy atom. The van der Waals surface area contributed by atoms with E-state index in [2.05, 4.69) is 43.4 Å². The molecule has 0 unspecified atom stereocenters. The van der Waals surface area contributed by atoms with E-state index < -0.39 is 0 Å². The maximum Gasteiger partial charge on any atom is 0.249 e. The predicted molar refractivity (Wildman–Crippen MR) is 93.7 cm³/mol. The van der Waals surface area contributed by atoms with E-state index in [1.807, 2.05) is 19.9 Å². The van der Waals surface area contributed by atoms with Gasteiger partial charge in [0.2, 0.25) is 5.95 Å². The molecule has 6 nitrogen and oxygen atoms in total. The van der Waals surface area contributed by atoms with Crippen LogP contribution in [-0.4, -0.2) is 53.3 Å². The Morgan fingerprint density at radius 2 is 1.87 bits per heavy atom. The lowest BCUT2D eigenvalue weighted by Gasteiger charge is -2.32.